The minimum Gasteiger partial charge on any atom is -0.480 e. The average molecular weight is 306 g/mol. The van der Waals surface area contributed by atoms with Crippen LogP contribution in [0.3, 0.4) is 0 Å². The van der Waals surface area contributed by atoms with Crippen LogP contribution in [0.5, 0.6) is 0 Å². The molecule has 0 aliphatic rings. The predicted octanol–water partition coefficient (Wildman–Crippen LogP) is -0.515. The zero-order valence-corrected chi connectivity index (χ0v) is 13.0. The van der Waals surface area contributed by atoms with Crippen LogP contribution in [0.1, 0.15) is 27.7 Å². The fourth-order valence-electron chi connectivity index (χ4n) is 1.27. The second kappa shape index (κ2) is 8.68. The number of aliphatic carboxylic acids is 1. The first-order valence-electron chi connectivity index (χ1n) is 6.27. The van der Waals surface area contributed by atoms with Gasteiger partial charge in [-0.05, 0) is 12.8 Å². The molecule has 0 aromatic heterocycles. The second-order valence-electron chi connectivity index (χ2n) is 4.94. The third-order valence-corrected chi connectivity index (χ3v) is 4.00. The van der Waals surface area contributed by atoms with Crippen LogP contribution in [0.15, 0.2) is 0 Å². The molecule has 0 bridgehead atoms. The van der Waals surface area contributed by atoms with Crippen molar-refractivity contribution in [3.05, 3.63) is 0 Å². The lowest BCUT2D eigenvalue weighted by Gasteiger charge is -2.17. The highest BCUT2D eigenvalue weighted by atomic mass is 32.2. The summed E-state index contributed by atoms with van der Waals surface area (Å²) < 4.78 is 11.7. The van der Waals surface area contributed by atoms with Crippen molar-refractivity contribution in [1.82, 2.24) is 10.6 Å². The lowest BCUT2D eigenvalue weighted by Crippen LogP contribution is -2.45. The van der Waals surface area contributed by atoms with Crippen LogP contribution < -0.4 is 10.6 Å². The highest BCUT2D eigenvalue weighted by molar-refractivity contribution is 7.85. The Bertz CT molecular complexity index is 397. The molecule has 0 rings (SSSR count). The summed E-state index contributed by atoms with van der Waals surface area (Å²) in [5.41, 5.74) is 0. The molecule has 116 valence electrons. The Kier molecular flexibility index (Phi) is 8.05. The quantitative estimate of drug-likeness (QED) is 0.559. The predicted molar refractivity (Wildman–Crippen MR) is 75.6 cm³/mol. The van der Waals surface area contributed by atoms with Crippen LogP contribution in [-0.2, 0) is 25.2 Å². The monoisotopic (exact) mass is 306 g/mol. The summed E-state index contributed by atoms with van der Waals surface area (Å²) in [5, 5.41) is 13.7. The molecule has 0 radical (unpaired) electrons. The lowest BCUT2D eigenvalue weighted by molar-refractivity contribution is -0.140. The van der Waals surface area contributed by atoms with Crippen LogP contribution in [0, 0.1) is 5.92 Å². The molecule has 20 heavy (non-hydrogen) atoms. The molecule has 0 spiro atoms. The molecule has 3 N–H and O–H groups in total. The minimum absolute atomic E-state index is 0.0508. The molecule has 0 heterocycles. The smallest absolute Gasteiger partial charge is 0.327 e. The first-order valence-corrected chi connectivity index (χ1v) is 7.76. The maximum absolute atomic E-state index is 11.7. The van der Waals surface area contributed by atoms with Gasteiger partial charge in [-0.2, -0.15) is 0 Å². The van der Waals surface area contributed by atoms with Crippen LogP contribution in [0.25, 0.3) is 0 Å². The fraction of sp³-hybridized carbons (Fsp3) is 0.750. The van der Waals surface area contributed by atoms with E-state index in [-0.39, 0.29) is 23.5 Å². The molecule has 0 aromatic carbocycles. The van der Waals surface area contributed by atoms with Crippen molar-refractivity contribution in [2.24, 2.45) is 5.92 Å². The van der Waals surface area contributed by atoms with Crippen molar-refractivity contribution in [1.29, 1.82) is 0 Å². The molecule has 0 fully saturated rings. The number of carboxylic acids is 1. The topological polar surface area (TPSA) is 113 Å². The van der Waals surface area contributed by atoms with Crippen LogP contribution in [-0.4, -0.2) is 50.7 Å². The first kappa shape index (κ1) is 18.6. The lowest BCUT2D eigenvalue weighted by atomic mass is 10.1. The van der Waals surface area contributed by atoms with E-state index in [0.29, 0.717) is 0 Å². The van der Waals surface area contributed by atoms with E-state index in [0.717, 1.165) is 0 Å². The molecule has 0 aliphatic heterocycles. The van der Waals surface area contributed by atoms with E-state index in [9.17, 15) is 18.6 Å². The van der Waals surface area contributed by atoms with E-state index in [1.165, 1.54) is 6.92 Å². The summed E-state index contributed by atoms with van der Waals surface area (Å²) >= 11 is 0. The van der Waals surface area contributed by atoms with Crippen LogP contribution >= 0.6 is 0 Å². The maximum Gasteiger partial charge on any atom is 0.327 e. The molecule has 8 heteroatoms. The number of hydrogen-bond donors (Lipinski definition) is 3. The van der Waals surface area contributed by atoms with Gasteiger partial charge >= 0.3 is 5.97 Å². The molecule has 0 aliphatic carbocycles. The molecular formula is C12H22N2O5S. The highest BCUT2D eigenvalue weighted by Crippen LogP contribution is 2.00. The average Bonchev–Trinajstić information content (AvgIpc) is 2.26. The van der Waals surface area contributed by atoms with Crippen LogP contribution in [0.2, 0.25) is 0 Å². The van der Waals surface area contributed by atoms with Crippen molar-refractivity contribution >= 4 is 28.6 Å². The first-order chi connectivity index (χ1) is 9.13. The van der Waals surface area contributed by atoms with Gasteiger partial charge in [-0.25, -0.2) is 4.79 Å². The van der Waals surface area contributed by atoms with Gasteiger partial charge in [-0.1, -0.05) is 13.8 Å². The number of hydrogen-bond acceptors (Lipinski definition) is 4. The zero-order chi connectivity index (χ0) is 15.9. The van der Waals surface area contributed by atoms with Gasteiger partial charge in [0.05, 0.1) is 5.75 Å². The molecule has 7 nitrogen and oxygen atoms in total. The summed E-state index contributed by atoms with van der Waals surface area (Å²) in [6.45, 7) is 6.90. The molecule has 2 amide bonds. The number of nitrogens with one attached hydrogen (secondary N) is 2. The number of carbonyl (C=O) groups excluding carboxylic acids is 2. The minimum atomic E-state index is -1.65. The van der Waals surface area contributed by atoms with Gasteiger partial charge in [0, 0.05) is 23.8 Å². The van der Waals surface area contributed by atoms with Crippen molar-refractivity contribution < 1.29 is 23.7 Å². The summed E-state index contributed by atoms with van der Waals surface area (Å²) in [5.74, 6) is -2.51. The van der Waals surface area contributed by atoms with E-state index in [4.69, 9.17) is 5.11 Å². The highest BCUT2D eigenvalue weighted by Gasteiger charge is 2.23. The standard InChI is InChI=1S/C12H22N2O5S/c1-7(2)8(3)13-11(16)6-20(19)5-10(12(17)18)14-9(4)15/h7-8,10H,5-6H2,1-4H3,(H,13,16)(H,14,15)(H,17,18). The summed E-state index contributed by atoms with van der Waals surface area (Å²) in [4.78, 5) is 33.3. The van der Waals surface area contributed by atoms with Crippen molar-refractivity contribution in [2.75, 3.05) is 11.5 Å². The van der Waals surface area contributed by atoms with E-state index in [1.807, 2.05) is 20.8 Å². The van der Waals surface area contributed by atoms with Gasteiger partial charge < -0.3 is 15.7 Å². The molecule has 3 atom stereocenters. The zero-order valence-electron chi connectivity index (χ0n) is 12.1. The molecule has 0 saturated heterocycles. The normalized spacial score (nSPS) is 15.2. The SMILES string of the molecule is CC(=O)NC(CS(=O)CC(=O)NC(C)C(C)C)C(=O)O. The van der Waals surface area contributed by atoms with Gasteiger partial charge in [0.15, 0.2) is 0 Å². The summed E-state index contributed by atoms with van der Waals surface area (Å²) in [6.07, 6.45) is 0. The Balaban J connectivity index is 4.35. The van der Waals surface area contributed by atoms with E-state index in [2.05, 4.69) is 10.6 Å². The van der Waals surface area contributed by atoms with E-state index in [1.54, 1.807) is 0 Å². The molecular weight excluding hydrogens is 284 g/mol. The largest absolute Gasteiger partial charge is 0.480 e. The van der Waals surface area contributed by atoms with Gasteiger partial charge in [0.25, 0.3) is 0 Å². The van der Waals surface area contributed by atoms with Gasteiger partial charge in [0.1, 0.15) is 11.8 Å². The van der Waals surface area contributed by atoms with Crippen molar-refractivity contribution in [3.8, 4) is 0 Å². The summed E-state index contributed by atoms with van der Waals surface area (Å²) in [6, 6.07) is -1.30. The van der Waals surface area contributed by atoms with E-state index < -0.39 is 34.6 Å². The Labute approximate surface area is 121 Å². The Morgan fingerprint density at radius 3 is 2.10 bits per heavy atom. The molecule has 0 saturated carbocycles. The van der Waals surface area contributed by atoms with Crippen molar-refractivity contribution in [2.45, 2.75) is 39.8 Å². The van der Waals surface area contributed by atoms with Crippen LogP contribution in [0.4, 0.5) is 0 Å². The Morgan fingerprint density at radius 2 is 1.70 bits per heavy atom. The van der Waals surface area contributed by atoms with Crippen molar-refractivity contribution in [3.63, 3.8) is 0 Å². The number of amides is 2. The third-order valence-electron chi connectivity index (χ3n) is 2.71. The Hall–Kier alpha value is -1.44. The van der Waals surface area contributed by atoms with Gasteiger partial charge in [0.2, 0.25) is 11.8 Å². The second-order valence-corrected chi connectivity index (χ2v) is 6.44. The van der Waals surface area contributed by atoms with Gasteiger partial charge in [-0.3, -0.25) is 13.8 Å². The summed E-state index contributed by atoms with van der Waals surface area (Å²) in [7, 11) is -1.65. The molecule has 3 unspecified atom stereocenters. The maximum atomic E-state index is 11.7. The molecule has 0 aromatic rings. The fourth-order valence-corrected chi connectivity index (χ4v) is 2.36. The number of carbonyl (C=O) groups is 3. The van der Waals surface area contributed by atoms with Gasteiger partial charge in [-0.15, -0.1) is 0 Å². The number of carboxylic acid groups (broad SMARTS) is 1. The van der Waals surface area contributed by atoms with E-state index >= 15 is 0 Å². The number of rotatable bonds is 8. The third kappa shape index (κ3) is 7.88. The Morgan fingerprint density at radius 1 is 1.15 bits per heavy atom.